The van der Waals surface area contributed by atoms with Crippen LogP contribution in [0.1, 0.15) is 39.2 Å². The van der Waals surface area contributed by atoms with Gasteiger partial charge in [0.05, 0.1) is 11.8 Å². The molecule has 4 heterocycles. The summed E-state index contributed by atoms with van der Waals surface area (Å²) in [4.78, 5) is 43.4. The molecule has 27 heavy (non-hydrogen) atoms. The maximum absolute atomic E-state index is 14.1. The highest BCUT2D eigenvalue weighted by atomic mass is 19.1. The summed E-state index contributed by atoms with van der Waals surface area (Å²) in [6, 6.07) is 4.02. The Morgan fingerprint density at radius 1 is 1.19 bits per heavy atom. The van der Waals surface area contributed by atoms with Gasteiger partial charge in [0.25, 0.3) is 0 Å². The van der Waals surface area contributed by atoms with E-state index in [1.165, 1.54) is 17.0 Å². The first kappa shape index (κ1) is 16.9. The Morgan fingerprint density at radius 3 is 2.63 bits per heavy atom. The lowest BCUT2D eigenvalue weighted by molar-refractivity contribution is -0.150. The van der Waals surface area contributed by atoms with E-state index in [0.29, 0.717) is 17.8 Å². The standard InChI is InChI=1S/C20H22FN3O3/c1-19(2,3)24-16(25)14-13-5-4-8-23(13)20(15(14)17(24)26)11-9-10(21)6-7-12(11)22-18(20)27/h6-7,9,13-15H,4-5,8H2,1-3H3,(H,22,27). The van der Waals surface area contributed by atoms with E-state index in [0.717, 1.165) is 12.8 Å². The molecule has 6 nitrogen and oxygen atoms in total. The molecule has 1 aromatic rings. The quantitative estimate of drug-likeness (QED) is 0.707. The van der Waals surface area contributed by atoms with E-state index in [1.807, 2.05) is 25.7 Å². The van der Waals surface area contributed by atoms with Crippen LogP contribution >= 0.6 is 0 Å². The Morgan fingerprint density at radius 2 is 1.93 bits per heavy atom. The van der Waals surface area contributed by atoms with Gasteiger partial charge in [-0.05, 0) is 58.4 Å². The predicted molar refractivity (Wildman–Crippen MR) is 95.0 cm³/mol. The number of fused-ring (bicyclic) bond motifs is 7. The fraction of sp³-hybridized carbons (Fsp3) is 0.550. The number of hydrogen-bond donors (Lipinski definition) is 1. The van der Waals surface area contributed by atoms with Crippen molar-refractivity contribution in [1.29, 1.82) is 0 Å². The van der Waals surface area contributed by atoms with Crippen molar-refractivity contribution in [1.82, 2.24) is 9.80 Å². The Labute approximate surface area is 156 Å². The number of amides is 3. The third-order valence-corrected chi connectivity index (χ3v) is 6.63. The van der Waals surface area contributed by atoms with Crippen LogP contribution in [0.25, 0.3) is 0 Å². The number of hydrogen-bond acceptors (Lipinski definition) is 4. The molecule has 0 aromatic heterocycles. The minimum absolute atomic E-state index is 0.168. The van der Waals surface area contributed by atoms with Gasteiger partial charge in [-0.2, -0.15) is 0 Å². The van der Waals surface area contributed by atoms with Gasteiger partial charge in [0, 0.05) is 22.8 Å². The van der Waals surface area contributed by atoms with E-state index in [4.69, 9.17) is 0 Å². The molecular weight excluding hydrogens is 349 g/mol. The van der Waals surface area contributed by atoms with Crippen molar-refractivity contribution in [2.24, 2.45) is 11.8 Å². The number of anilines is 1. The van der Waals surface area contributed by atoms with Gasteiger partial charge in [0.2, 0.25) is 17.7 Å². The number of carbonyl (C=O) groups excluding carboxylic acids is 3. The summed E-state index contributed by atoms with van der Waals surface area (Å²) in [5, 5.41) is 2.84. The van der Waals surface area contributed by atoms with Gasteiger partial charge in [0.15, 0.2) is 0 Å². The fourth-order valence-corrected chi connectivity index (χ4v) is 5.84. The van der Waals surface area contributed by atoms with E-state index in [-0.39, 0.29) is 23.8 Å². The SMILES string of the molecule is CC(C)(C)N1C(=O)C2C3CCCN3C3(C(=O)Nc4ccc(F)cc43)C2C1=O. The molecule has 1 N–H and O–H groups in total. The summed E-state index contributed by atoms with van der Waals surface area (Å²) in [5.41, 5.74) is -0.940. The topological polar surface area (TPSA) is 69.7 Å². The van der Waals surface area contributed by atoms with E-state index in [1.54, 1.807) is 6.07 Å². The normalized spacial score (nSPS) is 35.0. The van der Waals surface area contributed by atoms with Gasteiger partial charge in [-0.15, -0.1) is 0 Å². The van der Waals surface area contributed by atoms with Gasteiger partial charge in [-0.1, -0.05) is 0 Å². The molecule has 0 saturated carbocycles. The number of benzene rings is 1. The molecule has 4 aliphatic rings. The molecule has 0 bridgehead atoms. The molecule has 4 unspecified atom stereocenters. The average molecular weight is 371 g/mol. The summed E-state index contributed by atoms with van der Waals surface area (Å²) in [6.07, 6.45) is 1.61. The zero-order chi connectivity index (χ0) is 19.3. The second kappa shape index (κ2) is 4.95. The third kappa shape index (κ3) is 1.81. The second-order valence-corrected chi connectivity index (χ2v) is 9.00. The molecule has 0 radical (unpaired) electrons. The highest BCUT2D eigenvalue weighted by Crippen LogP contribution is 2.60. The van der Waals surface area contributed by atoms with Crippen LogP contribution in [0.2, 0.25) is 0 Å². The maximum atomic E-state index is 14.1. The molecule has 1 spiro atoms. The van der Waals surface area contributed by atoms with Crippen molar-refractivity contribution < 1.29 is 18.8 Å². The summed E-state index contributed by atoms with van der Waals surface area (Å²) in [7, 11) is 0. The van der Waals surface area contributed by atoms with E-state index in [9.17, 15) is 18.8 Å². The molecule has 7 heteroatoms. The third-order valence-electron chi connectivity index (χ3n) is 6.63. The van der Waals surface area contributed by atoms with Crippen LogP contribution in [0, 0.1) is 17.7 Å². The highest BCUT2D eigenvalue weighted by molar-refractivity contribution is 6.15. The monoisotopic (exact) mass is 371 g/mol. The number of imide groups is 1. The molecular formula is C20H22FN3O3. The van der Waals surface area contributed by atoms with Crippen molar-refractivity contribution in [3.8, 4) is 0 Å². The molecule has 1 aromatic carbocycles. The summed E-state index contributed by atoms with van der Waals surface area (Å²) in [5.74, 6) is -2.66. The molecule has 0 aliphatic carbocycles. The number of nitrogens with one attached hydrogen (secondary N) is 1. The van der Waals surface area contributed by atoms with Crippen LogP contribution < -0.4 is 5.32 Å². The number of carbonyl (C=O) groups is 3. The number of nitrogens with zero attached hydrogens (tertiary/aromatic N) is 2. The average Bonchev–Trinajstić information content (AvgIpc) is 3.25. The molecule has 4 atom stereocenters. The highest BCUT2D eigenvalue weighted by Gasteiger charge is 2.75. The second-order valence-electron chi connectivity index (χ2n) is 9.00. The van der Waals surface area contributed by atoms with Crippen LogP contribution in [-0.2, 0) is 19.9 Å². The van der Waals surface area contributed by atoms with E-state index >= 15 is 0 Å². The van der Waals surface area contributed by atoms with Crippen LogP contribution in [0.4, 0.5) is 10.1 Å². The van der Waals surface area contributed by atoms with Gasteiger partial charge in [0.1, 0.15) is 11.4 Å². The smallest absolute Gasteiger partial charge is 0.250 e. The van der Waals surface area contributed by atoms with Gasteiger partial charge < -0.3 is 5.32 Å². The van der Waals surface area contributed by atoms with Crippen LogP contribution in [0.15, 0.2) is 18.2 Å². The Balaban J connectivity index is 1.77. The van der Waals surface area contributed by atoms with Crippen molar-refractivity contribution >= 4 is 23.4 Å². The molecule has 3 fully saturated rings. The Hall–Kier alpha value is -2.28. The lowest BCUT2D eigenvalue weighted by atomic mass is 9.75. The zero-order valence-corrected chi connectivity index (χ0v) is 15.6. The van der Waals surface area contributed by atoms with Crippen LogP contribution in [0.3, 0.4) is 0 Å². The summed E-state index contributed by atoms with van der Waals surface area (Å²) >= 11 is 0. The molecule has 142 valence electrons. The van der Waals surface area contributed by atoms with Crippen LogP contribution in [0.5, 0.6) is 0 Å². The van der Waals surface area contributed by atoms with Crippen molar-refractivity contribution in [3.63, 3.8) is 0 Å². The molecule has 3 saturated heterocycles. The van der Waals surface area contributed by atoms with Crippen molar-refractivity contribution in [3.05, 3.63) is 29.6 Å². The number of halogens is 1. The number of rotatable bonds is 0. The first-order chi connectivity index (χ1) is 12.7. The Kier molecular flexibility index (Phi) is 3.09. The van der Waals surface area contributed by atoms with Gasteiger partial charge in [-0.3, -0.25) is 24.2 Å². The zero-order valence-electron chi connectivity index (χ0n) is 15.6. The first-order valence-electron chi connectivity index (χ1n) is 9.45. The van der Waals surface area contributed by atoms with E-state index in [2.05, 4.69) is 5.32 Å². The fourth-order valence-electron chi connectivity index (χ4n) is 5.84. The summed E-state index contributed by atoms with van der Waals surface area (Å²) < 4.78 is 14.1. The first-order valence-corrected chi connectivity index (χ1v) is 9.45. The van der Waals surface area contributed by atoms with E-state index < -0.39 is 28.7 Å². The predicted octanol–water partition coefficient (Wildman–Crippen LogP) is 1.85. The van der Waals surface area contributed by atoms with Crippen molar-refractivity contribution in [2.45, 2.75) is 50.7 Å². The maximum Gasteiger partial charge on any atom is 0.250 e. The van der Waals surface area contributed by atoms with Crippen molar-refractivity contribution in [2.75, 3.05) is 11.9 Å². The molecule has 4 aliphatic heterocycles. The van der Waals surface area contributed by atoms with Gasteiger partial charge in [-0.25, -0.2) is 4.39 Å². The Bertz CT molecular complexity index is 908. The minimum atomic E-state index is -1.30. The minimum Gasteiger partial charge on any atom is -0.324 e. The van der Waals surface area contributed by atoms with Crippen LogP contribution in [-0.4, -0.2) is 45.6 Å². The molecule has 5 rings (SSSR count). The number of likely N-dealkylation sites (tertiary alicyclic amines) is 1. The lowest BCUT2D eigenvalue weighted by Gasteiger charge is -2.38. The lowest BCUT2D eigenvalue weighted by Crippen LogP contribution is -2.56. The largest absolute Gasteiger partial charge is 0.324 e. The van der Waals surface area contributed by atoms with Gasteiger partial charge >= 0.3 is 0 Å². The molecule has 3 amide bonds. The summed E-state index contributed by atoms with van der Waals surface area (Å²) in [6.45, 7) is 6.10.